The van der Waals surface area contributed by atoms with Crippen molar-refractivity contribution in [3.05, 3.63) is 35.1 Å². The Balaban J connectivity index is 1.34. The van der Waals surface area contributed by atoms with Crippen molar-refractivity contribution in [2.24, 2.45) is 11.3 Å². The summed E-state index contributed by atoms with van der Waals surface area (Å²) in [6.07, 6.45) is -3.07. The van der Waals surface area contributed by atoms with Crippen molar-refractivity contribution in [2.75, 3.05) is 32.7 Å². The van der Waals surface area contributed by atoms with Crippen LogP contribution in [0.1, 0.15) is 41.6 Å². The summed E-state index contributed by atoms with van der Waals surface area (Å²) >= 11 is 0. The molecular formula is C21H27F4N3O2. The van der Waals surface area contributed by atoms with E-state index >= 15 is 0 Å². The minimum atomic E-state index is -4.48. The first-order chi connectivity index (χ1) is 14.1. The normalized spacial score (nSPS) is 19.4. The van der Waals surface area contributed by atoms with Crippen molar-refractivity contribution in [1.82, 2.24) is 15.5 Å². The molecule has 0 radical (unpaired) electrons. The van der Waals surface area contributed by atoms with Crippen LogP contribution in [0, 0.1) is 24.1 Å². The minimum absolute atomic E-state index is 0.130. The van der Waals surface area contributed by atoms with Gasteiger partial charge in [-0.2, -0.15) is 13.2 Å². The second kappa shape index (κ2) is 8.91. The van der Waals surface area contributed by atoms with Gasteiger partial charge in [0.15, 0.2) is 0 Å². The van der Waals surface area contributed by atoms with Gasteiger partial charge >= 0.3 is 6.18 Å². The maximum absolute atomic E-state index is 13.4. The molecule has 0 aromatic heterocycles. The van der Waals surface area contributed by atoms with E-state index in [0.717, 1.165) is 25.9 Å². The standard InChI is InChI=1S/C21H27F4N3O2/c1-14-10-16(12-17(22)11-14)18(29)27-13-15-2-7-28(8-3-15)9-6-26-19(30)20(4-5-20)21(23,24)25/h10-12,15H,2-9,13H2,1H3,(H,26,30)(H,27,29). The van der Waals surface area contributed by atoms with E-state index in [-0.39, 0.29) is 31.2 Å². The zero-order valence-electron chi connectivity index (χ0n) is 16.9. The third-order valence-electron chi connectivity index (χ3n) is 6.00. The predicted molar refractivity (Wildman–Crippen MR) is 103 cm³/mol. The quantitative estimate of drug-likeness (QED) is 0.655. The van der Waals surface area contributed by atoms with Crippen LogP contribution in [0.25, 0.3) is 0 Å². The lowest BCUT2D eigenvalue weighted by atomic mass is 9.96. The molecule has 0 atom stereocenters. The van der Waals surface area contributed by atoms with Gasteiger partial charge in [-0.25, -0.2) is 4.39 Å². The summed E-state index contributed by atoms with van der Waals surface area (Å²) in [7, 11) is 0. The third kappa shape index (κ3) is 5.30. The van der Waals surface area contributed by atoms with E-state index in [1.807, 2.05) is 0 Å². The number of rotatable bonds is 7. The maximum atomic E-state index is 13.4. The fourth-order valence-electron chi connectivity index (χ4n) is 3.88. The molecule has 9 heteroatoms. The van der Waals surface area contributed by atoms with Crippen LogP contribution in [0.5, 0.6) is 0 Å². The maximum Gasteiger partial charge on any atom is 0.403 e. The van der Waals surface area contributed by atoms with Crippen LogP contribution >= 0.6 is 0 Å². The Labute approximate surface area is 173 Å². The molecule has 1 aliphatic carbocycles. The van der Waals surface area contributed by atoms with Gasteiger partial charge in [-0.15, -0.1) is 0 Å². The number of alkyl halides is 3. The molecule has 3 rings (SSSR count). The predicted octanol–water partition coefficient (Wildman–Crippen LogP) is 3.03. The number of likely N-dealkylation sites (tertiary alicyclic amines) is 1. The molecule has 2 fully saturated rings. The number of halogens is 4. The lowest BCUT2D eigenvalue weighted by Gasteiger charge is -2.32. The van der Waals surface area contributed by atoms with Gasteiger partial charge in [0.05, 0.1) is 0 Å². The van der Waals surface area contributed by atoms with Gasteiger partial charge in [0.25, 0.3) is 5.91 Å². The van der Waals surface area contributed by atoms with Gasteiger partial charge in [0, 0.05) is 25.2 Å². The van der Waals surface area contributed by atoms with Gasteiger partial charge in [-0.1, -0.05) is 0 Å². The third-order valence-corrected chi connectivity index (χ3v) is 6.00. The van der Waals surface area contributed by atoms with Crippen molar-refractivity contribution < 1.29 is 27.2 Å². The highest BCUT2D eigenvalue weighted by Gasteiger charge is 2.68. The Bertz CT molecular complexity index is 765. The number of nitrogens with zero attached hydrogens (tertiary/aromatic N) is 1. The molecule has 2 aliphatic rings. The van der Waals surface area contributed by atoms with Crippen LogP contribution in [-0.2, 0) is 4.79 Å². The molecule has 0 spiro atoms. The Morgan fingerprint density at radius 1 is 1.13 bits per heavy atom. The number of hydrogen-bond donors (Lipinski definition) is 2. The van der Waals surface area contributed by atoms with Crippen molar-refractivity contribution in [3.63, 3.8) is 0 Å². The summed E-state index contributed by atoms with van der Waals surface area (Å²) in [6, 6.07) is 4.21. The van der Waals surface area contributed by atoms with E-state index in [2.05, 4.69) is 15.5 Å². The Hall–Kier alpha value is -2.16. The SMILES string of the molecule is Cc1cc(F)cc(C(=O)NCC2CCN(CCNC(=O)C3(C(F)(F)F)CC3)CC2)c1. The van der Waals surface area contributed by atoms with Crippen LogP contribution in [0.3, 0.4) is 0 Å². The minimum Gasteiger partial charge on any atom is -0.354 e. The number of benzene rings is 1. The second-order valence-corrected chi connectivity index (χ2v) is 8.35. The van der Waals surface area contributed by atoms with E-state index in [9.17, 15) is 27.2 Å². The summed E-state index contributed by atoms with van der Waals surface area (Å²) in [5.74, 6) is -1.38. The molecule has 5 nitrogen and oxygen atoms in total. The second-order valence-electron chi connectivity index (χ2n) is 8.35. The highest BCUT2D eigenvalue weighted by atomic mass is 19.4. The van der Waals surface area contributed by atoms with E-state index in [1.54, 1.807) is 13.0 Å². The first-order valence-corrected chi connectivity index (χ1v) is 10.2. The van der Waals surface area contributed by atoms with Gasteiger partial charge in [-0.05, 0) is 75.4 Å². The van der Waals surface area contributed by atoms with Crippen LogP contribution < -0.4 is 10.6 Å². The summed E-state index contributed by atoms with van der Waals surface area (Å²) in [4.78, 5) is 26.2. The number of carbonyl (C=O) groups excluding carboxylic acids is 2. The molecule has 1 aliphatic heterocycles. The smallest absolute Gasteiger partial charge is 0.354 e. The fraction of sp³-hybridized carbons (Fsp3) is 0.619. The molecule has 0 unspecified atom stereocenters. The molecule has 166 valence electrons. The zero-order chi connectivity index (χ0) is 21.9. The zero-order valence-corrected chi connectivity index (χ0v) is 16.9. The van der Waals surface area contributed by atoms with Gasteiger partial charge in [0.1, 0.15) is 11.2 Å². The van der Waals surface area contributed by atoms with Crippen LogP contribution in [0.4, 0.5) is 17.6 Å². The summed E-state index contributed by atoms with van der Waals surface area (Å²) in [5.41, 5.74) is -1.19. The number of amides is 2. The van der Waals surface area contributed by atoms with Crippen LogP contribution in [0.15, 0.2) is 18.2 Å². The molecule has 1 aromatic carbocycles. The summed E-state index contributed by atoms with van der Waals surface area (Å²) < 4.78 is 52.2. The van der Waals surface area contributed by atoms with Crippen LogP contribution in [-0.4, -0.2) is 55.6 Å². The van der Waals surface area contributed by atoms with Gasteiger partial charge < -0.3 is 15.5 Å². The monoisotopic (exact) mass is 429 g/mol. The first-order valence-electron chi connectivity index (χ1n) is 10.2. The summed E-state index contributed by atoms with van der Waals surface area (Å²) in [6.45, 7) is 4.41. The molecule has 2 N–H and O–H groups in total. The molecule has 30 heavy (non-hydrogen) atoms. The lowest BCUT2D eigenvalue weighted by Crippen LogP contribution is -2.45. The fourth-order valence-corrected chi connectivity index (χ4v) is 3.88. The topological polar surface area (TPSA) is 61.4 Å². The summed E-state index contributed by atoms with van der Waals surface area (Å²) in [5, 5.41) is 5.28. The molecule has 1 saturated carbocycles. The van der Waals surface area contributed by atoms with Crippen molar-refractivity contribution in [2.45, 2.75) is 38.8 Å². The van der Waals surface area contributed by atoms with Crippen LogP contribution in [0.2, 0.25) is 0 Å². The Morgan fingerprint density at radius 2 is 1.80 bits per heavy atom. The molecule has 1 aromatic rings. The number of carbonyl (C=O) groups is 2. The van der Waals surface area contributed by atoms with Gasteiger partial charge in [0.2, 0.25) is 5.91 Å². The molecule has 1 heterocycles. The van der Waals surface area contributed by atoms with E-state index in [0.29, 0.717) is 24.2 Å². The number of aryl methyl sites for hydroxylation is 1. The van der Waals surface area contributed by atoms with Crippen molar-refractivity contribution in [3.8, 4) is 0 Å². The lowest BCUT2D eigenvalue weighted by molar-refractivity contribution is -0.192. The largest absolute Gasteiger partial charge is 0.403 e. The van der Waals surface area contributed by atoms with E-state index in [1.165, 1.54) is 12.1 Å². The molecular weight excluding hydrogens is 402 g/mol. The molecule has 1 saturated heterocycles. The average Bonchev–Trinajstić information content (AvgIpc) is 3.48. The highest BCUT2D eigenvalue weighted by Crippen LogP contribution is 2.57. The van der Waals surface area contributed by atoms with Gasteiger partial charge in [-0.3, -0.25) is 9.59 Å². The Kier molecular flexibility index (Phi) is 6.69. The first kappa shape index (κ1) is 22.5. The van der Waals surface area contributed by atoms with Crippen molar-refractivity contribution >= 4 is 11.8 Å². The Morgan fingerprint density at radius 3 is 2.37 bits per heavy atom. The number of hydrogen-bond acceptors (Lipinski definition) is 3. The van der Waals surface area contributed by atoms with E-state index < -0.39 is 23.3 Å². The molecule has 0 bridgehead atoms. The highest BCUT2D eigenvalue weighted by molar-refractivity contribution is 5.94. The van der Waals surface area contributed by atoms with E-state index in [4.69, 9.17) is 0 Å². The average molecular weight is 429 g/mol. The molecule has 2 amide bonds. The number of piperidine rings is 1. The number of nitrogens with one attached hydrogen (secondary N) is 2. The van der Waals surface area contributed by atoms with Crippen molar-refractivity contribution in [1.29, 1.82) is 0 Å².